The van der Waals surface area contributed by atoms with E-state index in [1.807, 2.05) is 0 Å². The van der Waals surface area contributed by atoms with E-state index in [-0.39, 0.29) is 0 Å². The lowest BCUT2D eigenvalue weighted by Gasteiger charge is -2.03. The fraction of sp³-hybridized carbons (Fsp3) is 0.167. The van der Waals surface area contributed by atoms with Crippen LogP contribution in [0, 0.1) is 11.6 Å². The maximum atomic E-state index is 5.14. The third-order valence-corrected chi connectivity index (χ3v) is 3.45. The van der Waals surface area contributed by atoms with Gasteiger partial charge in [-0.05, 0) is 28.4 Å². The quantitative estimate of drug-likeness (QED) is 0.854. The minimum Gasteiger partial charge on any atom is -0.334 e. The molecule has 82 valence electrons. The highest BCUT2D eigenvalue weighted by atomic mass is 79.9. The molecule has 1 aromatic carbocycles. The summed E-state index contributed by atoms with van der Waals surface area (Å²) in [6.07, 6.45) is 2.52. The average Bonchev–Trinajstić information content (AvgIpc) is 2.24. The first-order chi connectivity index (χ1) is 7.65. The molecule has 0 fully saturated rings. The predicted octanol–water partition coefficient (Wildman–Crippen LogP) is 3.80. The van der Waals surface area contributed by atoms with Crippen molar-refractivity contribution < 1.29 is 0 Å². The van der Waals surface area contributed by atoms with E-state index in [9.17, 15) is 0 Å². The van der Waals surface area contributed by atoms with Gasteiger partial charge in [0.15, 0.2) is 0 Å². The van der Waals surface area contributed by atoms with Crippen molar-refractivity contribution in [1.82, 2.24) is 9.97 Å². The van der Waals surface area contributed by atoms with Crippen molar-refractivity contribution in [3.05, 3.63) is 56.5 Å². The van der Waals surface area contributed by atoms with Crippen LogP contribution in [0.4, 0.5) is 0 Å². The van der Waals surface area contributed by atoms with E-state index in [1.165, 1.54) is 11.1 Å². The van der Waals surface area contributed by atoms with Crippen LogP contribution in [0.25, 0.3) is 0 Å². The summed E-state index contributed by atoms with van der Waals surface area (Å²) < 4.78 is 1.52. The lowest BCUT2D eigenvalue weighted by molar-refractivity contribution is 0.952. The zero-order chi connectivity index (χ0) is 11.5. The molecule has 0 aliphatic rings. The number of nitrogens with one attached hydrogen (secondary N) is 1. The van der Waals surface area contributed by atoms with Gasteiger partial charge in [-0.3, -0.25) is 0 Å². The van der Waals surface area contributed by atoms with Gasteiger partial charge in [0.1, 0.15) is 10.5 Å². The van der Waals surface area contributed by atoms with E-state index in [2.05, 4.69) is 57.1 Å². The molecule has 0 saturated carbocycles. The van der Waals surface area contributed by atoms with Gasteiger partial charge in [0.05, 0.1) is 4.47 Å². The number of aromatic nitrogens is 2. The topological polar surface area (TPSA) is 28.7 Å². The van der Waals surface area contributed by atoms with Gasteiger partial charge in [-0.25, -0.2) is 4.98 Å². The van der Waals surface area contributed by atoms with E-state index in [1.54, 1.807) is 6.20 Å². The molecule has 0 atom stereocenters. The smallest absolute Gasteiger partial charge is 0.120 e. The lowest BCUT2D eigenvalue weighted by atomic mass is 10.1. The molecule has 0 radical (unpaired) electrons. The standard InChI is InChI=1S/C12H11BrN2S/c1-8-3-2-4-9(5-8)6-11-14-7-10(13)12(16)15-11/h2-5,7H,6H2,1H3,(H,14,15,16). The molecule has 16 heavy (non-hydrogen) atoms. The van der Waals surface area contributed by atoms with Crippen LogP contribution in [0.3, 0.4) is 0 Å². The van der Waals surface area contributed by atoms with Gasteiger partial charge in [0.25, 0.3) is 0 Å². The predicted molar refractivity (Wildman–Crippen MR) is 71.1 cm³/mol. The van der Waals surface area contributed by atoms with Crippen molar-refractivity contribution in [2.45, 2.75) is 13.3 Å². The van der Waals surface area contributed by atoms with Gasteiger partial charge < -0.3 is 4.98 Å². The Morgan fingerprint density at radius 3 is 2.94 bits per heavy atom. The fourth-order valence-electron chi connectivity index (χ4n) is 1.52. The maximum Gasteiger partial charge on any atom is 0.120 e. The molecule has 0 saturated heterocycles. The number of aryl methyl sites for hydroxylation is 1. The Bertz CT molecular complexity index is 563. The minimum absolute atomic E-state index is 0.692. The Kier molecular flexibility index (Phi) is 3.51. The number of nitrogens with zero attached hydrogens (tertiary/aromatic N) is 1. The summed E-state index contributed by atoms with van der Waals surface area (Å²) in [4.78, 5) is 7.40. The number of aromatic amines is 1. The highest BCUT2D eigenvalue weighted by molar-refractivity contribution is 9.10. The number of H-pyrrole nitrogens is 1. The Labute approximate surface area is 108 Å². The largest absolute Gasteiger partial charge is 0.334 e. The second kappa shape index (κ2) is 4.89. The molecular formula is C12H11BrN2S. The van der Waals surface area contributed by atoms with E-state index in [0.717, 1.165) is 16.7 Å². The molecule has 0 bridgehead atoms. The van der Waals surface area contributed by atoms with Crippen LogP contribution in [0.2, 0.25) is 0 Å². The van der Waals surface area contributed by atoms with Gasteiger partial charge in [-0.1, -0.05) is 42.0 Å². The second-order valence-corrected chi connectivity index (χ2v) is 4.94. The van der Waals surface area contributed by atoms with Gasteiger partial charge in [-0.2, -0.15) is 0 Å². The monoisotopic (exact) mass is 294 g/mol. The highest BCUT2D eigenvalue weighted by Gasteiger charge is 1.99. The van der Waals surface area contributed by atoms with Crippen LogP contribution in [0.15, 0.2) is 34.9 Å². The summed E-state index contributed by atoms with van der Waals surface area (Å²) in [6, 6.07) is 8.38. The van der Waals surface area contributed by atoms with Gasteiger partial charge >= 0.3 is 0 Å². The molecule has 0 unspecified atom stereocenters. The summed E-state index contributed by atoms with van der Waals surface area (Å²) in [5.74, 6) is 0.888. The molecule has 2 nitrogen and oxygen atoms in total. The number of halogens is 1. The van der Waals surface area contributed by atoms with E-state index in [4.69, 9.17) is 12.2 Å². The van der Waals surface area contributed by atoms with Crippen LogP contribution in [0.1, 0.15) is 17.0 Å². The Morgan fingerprint density at radius 2 is 2.25 bits per heavy atom. The fourth-order valence-corrected chi connectivity index (χ4v) is 1.89. The van der Waals surface area contributed by atoms with E-state index < -0.39 is 0 Å². The Morgan fingerprint density at radius 1 is 1.44 bits per heavy atom. The summed E-state index contributed by atoms with van der Waals surface area (Å²) in [5.41, 5.74) is 2.49. The highest BCUT2D eigenvalue weighted by Crippen LogP contribution is 2.11. The van der Waals surface area contributed by atoms with Crippen LogP contribution >= 0.6 is 28.1 Å². The maximum absolute atomic E-state index is 5.14. The first-order valence-corrected chi connectivity index (χ1v) is 6.14. The zero-order valence-electron chi connectivity index (χ0n) is 8.83. The molecule has 1 heterocycles. The molecule has 1 aromatic heterocycles. The number of hydrogen-bond donors (Lipinski definition) is 1. The van der Waals surface area contributed by atoms with Crippen LogP contribution in [0.5, 0.6) is 0 Å². The molecule has 0 aliphatic carbocycles. The van der Waals surface area contributed by atoms with Crippen LogP contribution in [-0.2, 0) is 6.42 Å². The third kappa shape index (κ3) is 2.77. The van der Waals surface area contributed by atoms with Crippen molar-refractivity contribution in [3.8, 4) is 0 Å². The van der Waals surface area contributed by atoms with Crippen molar-refractivity contribution in [2.24, 2.45) is 0 Å². The Balaban J connectivity index is 2.27. The normalized spacial score (nSPS) is 10.4. The lowest BCUT2D eigenvalue weighted by Crippen LogP contribution is -1.96. The first kappa shape index (κ1) is 11.5. The second-order valence-electron chi connectivity index (χ2n) is 3.67. The first-order valence-electron chi connectivity index (χ1n) is 4.94. The molecule has 0 aliphatic heterocycles. The van der Waals surface area contributed by atoms with Crippen LogP contribution < -0.4 is 0 Å². The molecule has 4 heteroatoms. The van der Waals surface area contributed by atoms with Crippen molar-refractivity contribution in [1.29, 1.82) is 0 Å². The van der Waals surface area contributed by atoms with Crippen LogP contribution in [-0.4, -0.2) is 9.97 Å². The van der Waals surface area contributed by atoms with E-state index >= 15 is 0 Å². The molecular weight excluding hydrogens is 284 g/mol. The van der Waals surface area contributed by atoms with E-state index in [0.29, 0.717) is 4.64 Å². The summed E-state index contributed by atoms with van der Waals surface area (Å²) >= 11 is 8.47. The summed E-state index contributed by atoms with van der Waals surface area (Å²) in [6.45, 7) is 2.08. The number of benzene rings is 1. The molecule has 0 amide bonds. The molecule has 2 rings (SSSR count). The molecule has 1 N–H and O–H groups in total. The minimum atomic E-state index is 0.692. The molecule has 2 aromatic rings. The van der Waals surface area contributed by atoms with Crippen molar-refractivity contribution in [3.63, 3.8) is 0 Å². The average molecular weight is 295 g/mol. The zero-order valence-corrected chi connectivity index (χ0v) is 11.2. The summed E-state index contributed by atoms with van der Waals surface area (Å²) in [7, 11) is 0. The SMILES string of the molecule is Cc1cccc(Cc2ncc(Br)c(=S)[nH]2)c1. The van der Waals surface area contributed by atoms with Crippen molar-refractivity contribution >= 4 is 28.1 Å². The number of rotatable bonds is 2. The molecule has 0 spiro atoms. The Hall–Kier alpha value is -1.000. The van der Waals surface area contributed by atoms with Crippen molar-refractivity contribution in [2.75, 3.05) is 0 Å². The van der Waals surface area contributed by atoms with Gasteiger partial charge in [-0.15, -0.1) is 0 Å². The number of hydrogen-bond acceptors (Lipinski definition) is 2. The van der Waals surface area contributed by atoms with Gasteiger partial charge in [0, 0.05) is 12.6 Å². The summed E-state index contributed by atoms with van der Waals surface area (Å²) in [5, 5.41) is 0. The third-order valence-electron chi connectivity index (χ3n) is 2.26. The van der Waals surface area contributed by atoms with Gasteiger partial charge in [0.2, 0.25) is 0 Å².